The van der Waals surface area contributed by atoms with E-state index in [9.17, 15) is 28.0 Å². The number of para-hydroxylation sites is 1. The van der Waals surface area contributed by atoms with Crippen molar-refractivity contribution in [2.75, 3.05) is 38.5 Å². The highest BCUT2D eigenvalue weighted by Crippen LogP contribution is 2.35. The van der Waals surface area contributed by atoms with E-state index in [0.29, 0.717) is 36.9 Å². The number of benzene rings is 1. The molecule has 3 aliphatic rings. The van der Waals surface area contributed by atoms with Crippen LogP contribution in [0.25, 0.3) is 0 Å². The molecule has 11 heteroatoms. The van der Waals surface area contributed by atoms with Crippen molar-refractivity contribution in [2.24, 2.45) is 23.7 Å². The van der Waals surface area contributed by atoms with Crippen LogP contribution in [0.1, 0.15) is 80.6 Å². The number of carbonyl (C=O) groups excluding carboxylic acids is 4. The topological polar surface area (TPSA) is 123 Å². The molecule has 0 bridgehead atoms. The number of halogens is 2. The van der Waals surface area contributed by atoms with Gasteiger partial charge >= 0.3 is 0 Å². The molecule has 3 amide bonds. The van der Waals surface area contributed by atoms with Crippen LogP contribution >= 0.6 is 0 Å². The predicted octanol–water partition coefficient (Wildman–Crippen LogP) is 5.61. The number of rotatable bonds is 6. The molecule has 254 valence electrons. The third kappa shape index (κ3) is 15.8. The van der Waals surface area contributed by atoms with Gasteiger partial charge < -0.3 is 25.2 Å². The number of amides is 3. The Bertz CT molecular complexity index is 1060. The third-order valence-corrected chi connectivity index (χ3v) is 7.26. The van der Waals surface area contributed by atoms with E-state index in [4.69, 9.17) is 5.26 Å². The zero-order valence-electron chi connectivity index (χ0n) is 28.4. The number of anilines is 1. The molecule has 0 spiro atoms. The van der Waals surface area contributed by atoms with Crippen LogP contribution in [-0.4, -0.2) is 79.2 Å². The molecule has 3 fully saturated rings. The summed E-state index contributed by atoms with van der Waals surface area (Å²) in [5, 5.41) is 13.6. The highest BCUT2D eigenvalue weighted by molar-refractivity contribution is 5.89. The normalized spacial score (nSPS) is 21.4. The lowest BCUT2D eigenvalue weighted by molar-refractivity contribution is -0.135. The quantitative estimate of drug-likeness (QED) is 0.392. The molecule has 9 nitrogen and oxygen atoms in total. The zero-order valence-corrected chi connectivity index (χ0v) is 28.4. The summed E-state index contributed by atoms with van der Waals surface area (Å²) < 4.78 is 25.8. The van der Waals surface area contributed by atoms with Gasteiger partial charge in [-0.25, -0.2) is 8.78 Å². The number of nitrogens with zero attached hydrogens (tertiary/aromatic N) is 3. The smallest absolute Gasteiger partial charge is 0.257 e. The summed E-state index contributed by atoms with van der Waals surface area (Å²) >= 11 is 0. The molecule has 2 saturated heterocycles. The number of hydrogen-bond donors (Lipinski definition) is 2. The van der Waals surface area contributed by atoms with E-state index < -0.39 is 17.6 Å². The number of nitrogens with one attached hydrogen (secondary N) is 2. The molecule has 2 aliphatic heterocycles. The average Bonchev–Trinajstić information content (AvgIpc) is 3.65. The molecule has 0 radical (unpaired) electrons. The SMILES string of the molecule is CC.CC(C)(F)C(=O)NCC(=O)N1CC2CCCCC2C1.CC(C)C.CNc1ccccc1F.N#CC1CC(C=O)CN1C=O. The number of carbonyl (C=O) groups is 4. The monoisotopic (exact) mass is 635 g/mol. The van der Waals surface area contributed by atoms with Gasteiger partial charge in [-0.15, -0.1) is 0 Å². The van der Waals surface area contributed by atoms with Crippen LogP contribution in [0.15, 0.2) is 24.3 Å². The van der Waals surface area contributed by atoms with Crippen LogP contribution in [0.4, 0.5) is 14.5 Å². The molecule has 1 aliphatic carbocycles. The molecule has 45 heavy (non-hydrogen) atoms. The van der Waals surface area contributed by atoms with Crippen molar-refractivity contribution in [3.8, 4) is 6.07 Å². The lowest BCUT2D eigenvalue weighted by Gasteiger charge is -2.22. The van der Waals surface area contributed by atoms with Gasteiger partial charge in [-0.3, -0.25) is 14.4 Å². The van der Waals surface area contributed by atoms with Crippen molar-refractivity contribution in [1.29, 1.82) is 5.26 Å². The summed E-state index contributed by atoms with van der Waals surface area (Å²) in [4.78, 5) is 47.1. The first-order chi connectivity index (χ1) is 21.3. The van der Waals surface area contributed by atoms with E-state index in [0.717, 1.165) is 25.3 Å². The molecule has 2 heterocycles. The standard InChI is InChI=1S/C14H23FN2O2.C7H8FN.C7H8N2O2.C4H10.C2H6/c1-14(2,15)13(19)16-7-12(18)17-8-10-5-3-4-6-11(10)9-17;1-9-7-5-3-2-4-6(7)8;8-2-7-1-6(4-10)3-9(7)5-11;1-4(2)3;1-2/h10-11H,3-9H2,1-2H3,(H,16,19);2-5,9H,1H3;4-7H,1,3H2;4H,1-3H3;1-2H3. The number of alkyl halides is 1. The number of likely N-dealkylation sites (tertiary alicyclic amines) is 2. The van der Waals surface area contributed by atoms with E-state index in [2.05, 4.69) is 31.4 Å². The maximum absolute atomic E-state index is 13.3. The Morgan fingerprint density at radius 1 is 1.07 bits per heavy atom. The fourth-order valence-electron chi connectivity index (χ4n) is 4.99. The molecule has 4 rings (SSSR count). The van der Waals surface area contributed by atoms with Crippen molar-refractivity contribution in [1.82, 2.24) is 15.1 Å². The first-order valence-corrected chi connectivity index (χ1v) is 16.0. The van der Waals surface area contributed by atoms with Gasteiger partial charge in [0, 0.05) is 32.6 Å². The van der Waals surface area contributed by atoms with Crippen LogP contribution in [-0.2, 0) is 19.2 Å². The predicted molar refractivity (Wildman–Crippen MR) is 174 cm³/mol. The van der Waals surface area contributed by atoms with Gasteiger partial charge in [0.05, 0.1) is 18.3 Å². The lowest BCUT2D eigenvalue weighted by atomic mass is 9.82. The van der Waals surface area contributed by atoms with Gasteiger partial charge in [-0.05, 0) is 63.0 Å². The average molecular weight is 636 g/mol. The molecular weight excluding hydrogens is 580 g/mol. The summed E-state index contributed by atoms with van der Waals surface area (Å²) in [5.74, 6) is 0.923. The van der Waals surface area contributed by atoms with Crippen molar-refractivity contribution < 1.29 is 28.0 Å². The second kappa shape index (κ2) is 22.0. The molecule has 0 aromatic heterocycles. The largest absolute Gasteiger partial charge is 0.386 e. The van der Waals surface area contributed by atoms with Crippen molar-refractivity contribution in [2.45, 2.75) is 92.3 Å². The molecule has 1 aromatic carbocycles. The van der Waals surface area contributed by atoms with Gasteiger partial charge in [0.15, 0.2) is 5.67 Å². The van der Waals surface area contributed by atoms with Crippen LogP contribution in [0.2, 0.25) is 0 Å². The number of aldehydes is 1. The second-order valence-corrected chi connectivity index (χ2v) is 12.3. The van der Waals surface area contributed by atoms with Crippen LogP contribution in [0.5, 0.6) is 0 Å². The molecular formula is C34H55F2N5O4. The summed E-state index contributed by atoms with van der Waals surface area (Å²) in [6, 6.07) is 8.13. The van der Waals surface area contributed by atoms with E-state index in [1.807, 2.05) is 24.8 Å². The number of nitriles is 1. The van der Waals surface area contributed by atoms with Crippen LogP contribution in [0, 0.1) is 40.8 Å². The van der Waals surface area contributed by atoms with Gasteiger partial charge in [0.25, 0.3) is 5.91 Å². The Balaban J connectivity index is 0.000000633. The molecule has 4 unspecified atom stereocenters. The van der Waals surface area contributed by atoms with E-state index >= 15 is 0 Å². The van der Waals surface area contributed by atoms with Gasteiger partial charge in [0.2, 0.25) is 12.3 Å². The molecule has 1 saturated carbocycles. The molecule has 1 aromatic rings. The summed E-state index contributed by atoms with van der Waals surface area (Å²) in [7, 11) is 1.69. The molecule has 4 atom stereocenters. The van der Waals surface area contributed by atoms with E-state index in [-0.39, 0.29) is 24.2 Å². The summed E-state index contributed by atoms with van der Waals surface area (Å²) in [6.07, 6.45) is 6.84. The fourth-order valence-corrected chi connectivity index (χ4v) is 4.99. The van der Waals surface area contributed by atoms with Gasteiger partial charge in [-0.2, -0.15) is 5.26 Å². The maximum atomic E-state index is 13.3. The van der Waals surface area contributed by atoms with Gasteiger partial charge in [0.1, 0.15) is 18.1 Å². The molecule has 2 N–H and O–H groups in total. The van der Waals surface area contributed by atoms with Gasteiger partial charge in [-0.1, -0.05) is 59.6 Å². The number of fused-ring (bicyclic) bond motifs is 1. The minimum atomic E-state index is -1.93. The second-order valence-electron chi connectivity index (χ2n) is 12.3. The Morgan fingerprint density at radius 2 is 1.60 bits per heavy atom. The highest BCUT2D eigenvalue weighted by atomic mass is 19.1. The summed E-state index contributed by atoms with van der Waals surface area (Å²) in [6.45, 7) is 14.8. The Morgan fingerprint density at radius 3 is 1.98 bits per heavy atom. The van der Waals surface area contributed by atoms with Crippen molar-refractivity contribution in [3.05, 3.63) is 30.1 Å². The van der Waals surface area contributed by atoms with E-state index in [1.54, 1.807) is 25.2 Å². The fraction of sp³-hybridized carbons (Fsp3) is 0.676. The third-order valence-electron chi connectivity index (χ3n) is 7.26. The highest BCUT2D eigenvalue weighted by Gasteiger charge is 2.36. The zero-order chi connectivity index (χ0) is 34.6. The first kappa shape index (κ1) is 41.4. The summed E-state index contributed by atoms with van der Waals surface area (Å²) in [5.41, 5.74) is -1.39. The Labute approximate surface area is 269 Å². The first-order valence-electron chi connectivity index (χ1n) is 16.0. The number of hydrogen-bond acceptors (Lipinski definition) is 6. The van der Waals surface area contributed by atoms with E-state index in [1.165, 1.54) is 50.5 Å². The van der Waals surface area contributed by atoms with Crippen molar-refractivity contribution >= 4 is 30.2 Å². The Hall–Kier alpha value is -3.55. The van der Waals surface area contributed by atoms with Crippen LogP contribution in [0.3, 0.4) is 0 Å². The van der Waals surface area contributed by atoms with Crippen molar-refractivity contribution in [3.63, 3.8) is 0 Å². The maximum Gasteiger partial charge on any atom is 0.257 e. The minimum Gasteiger partial charge on any atom is -0.386 e. The Kier molecular flexibility index (Phi) is 20.3. The van der Waals surface area contributed by atoms with Crippen LogP contribution < -0.4 is 10.6 Å². The lowest BCUT2D eigenvalue weighted by Crippen LogP contribution is -2.44. The minimum absolute atomic E-state index is 0.0907.